The molecule has 0 spiro atoms. The van der Waals surface area contributed by atoms with Crippen molar-refractivity contribution in [3.05, 3.63) is 59.9 Å². The summed E-state index contributed by atoms with van der Waals surface area (Å²) in [6.45, 7) is 4.53. The van der Waals surface area contributed by atoms with Gasteiger partial charge >= 0.3 is 0 Å². The molecule has 110 valence electrons. The van der Waals surface area contributed by atoms with Gasteiger partial charge in [0.15, 0.2) is 11.9 Å². The van der Waals surface area contributed by atoms with Crippen LogP contribution in [0.15, 0.2) is 48.5 Å². The van der Waals surface area contributed by atoms with E-state index in [-0.39, 0.29) is 6.10 Å². The predicted molar refractivity (Wildman–Crippen MR) is 88.8 cm³/mol. The molecular weight excluding hydrogens is 272 g/mol. The molecule has 0 aliphatic heterocycles. The molecule has 1 heterocycles. The Labute approximate surface area is 130 Å². The van der Waals surface area contributed by atoms with Gasteiger partial charge in [0.25, 0.3) is 0 Å². The maximum Gasteiger partial charge on any atom is 0.153 e. The van der Waals surface area contributed by atoms with Crippen LogP contribution >= 0.6 is 0 Å². The van der Waals surface area contributed by atoms with Crippen LogP contribution in [0.3, 0.4) is 0 Å². The van der Waals surface area contributed by atoms with Crippen molar-refractivity contribution in [3.63, 3.8) is 0 Å². The number of benzene rings is 2. The van der Waals surface area contributed by atoms with Crippen LogP contribution in [0.4, 0.5) is 0 Å². The molecule has 2 aromatic carbocycles. The molecule has 0 N–H and O–H groups in total. The minimum atomic E-state index is -0.178. The highest BCUT2D eigenvalue weighted by molar-refractivity contribution is 5.76. The van der Waals surface area contributed by atoms with Crippen LogP contribution in [0, 0.1) is 19.3 Å². The monoisotopic (exact) mass is 290 g/mol. The average molecular weight is 290 g/mol. The van der Waals surface area contributed by atoms with Gasteiger partial charge in [-0.3, -0.25) is 0 Å². The Hall–Kier alpha value is -2.73. The molecule has 22 heavy (non-hydrogen) atoms. The molecule has 0 saturated heterocycles. The second-order valence-electron chi connectivity index (χ2n) is 5.33. The summed E-state index contributed by atoms with van der Waals surface area (Å²) in [5.41, 5.74) is 3.14. The standard InChI is InChI=1S/C19H18N2O/c1-4-12-21-18-11-6-5-10-17(18)20-19(21)15(3)22-16-9-7-8-14(2)13-16/h1,5-11,13,15H,12H2,2-3H3. The Bertz CT molecular complexity index is 842. The van der Waals surface area contributed by atoms with Crippen molar-refractivity contribution in [2.24, 2.45) is 0 Å². The summed E-state index contributed by atoms with van der Waals surface area (Å²) in [6, 6.07) is 16.0. The first-order valence-corrected chi connectivity index (χ1v) is 7.31. The Morgan fingerprint density at radius 1 is 1.23 bits per heavy atom. The number of hydrogen-bond donors (Lipinski definition) is 0. The Kier molecular flexibility index (Phi) is 3.84. The third-order valence-corrected chi connectivity index (χ3v) is 3.60. The molecule has 0 bridgehead atoms. The Morgan fingerprint density at radius 2 is 2.05 bits per heavy atom. The van der Waals surface area contributed by atoms with E-state index in [4.69, 9.17) is 16.1 Å². The molecule has 0 amide bonds. The fourth-order valence-corrected chi connectivity index (χ4v) is 2.61. The molecular formula is C19H18N2O. The number of rotatable bonds is 4. The van der Waals surface area contributed by atoms with Gasteiger partial charge in [-0.25, -0.2) is 4.98 Å². The van der Waals surface area contributed by atoms with E-state index in [1.807, 2.05) is 66.9 Å². The highest BCUT2D eigenvalue weighted by Crippen LogP contribution is 2.25. The molecule has 1 aromatic heterocycles. The van der Waals surface area contributed by atoms with Crippen LogP contribution in [-0.4, -0.2) is 9.55 Å². The largest absolute Gasteiger partial charge is 0.483 e. The van der Waals surface area contributed by atoms with Gasteiger partial charge in [-0.2, -0.15) is 0 Å². The Balaban J connectivity index is 1.98. The second-order valence-corrected chi connectivity index (χ2v) is 5.33. The molecule has 0 aliphatic rings. The molecule has 3 aromatic rings. The highest BCUT2D eigenvalue weighted by atomic mass is 16.5. The lowest BCUT2D eigenvalue weighted by Gasteiger charge is -2.16. The van der Waals surface area contributed by atoms with E-state index in [0.717, 1.165) is 22.6 Å². The maximum absolute atomic E-state index is 6.05. The van der Waals surface area contributed by atoms with Gasteiger partial charge in [-0.05, 0) is 43.7 Å². The van der Waals surface area contributed by atoms with Crippen molar-refractivity contribution in [2.75, 3.05) is 0 Å². The molecule has 1 unspecified atom stereocenters. The van der Waals surface area contributed by atoms with Crippen molar-refractivity contribution in [2.45, 2.75) is 26.5 Å². The zero-order valence-electron chi connectivity index (χ0n) is 12.8. The SMILES string of the molecule is C#CCn1c(C(C)Oc2cccc(C)c2)nc2ccccc21. The average Bonchev–Trinajstić information content (AvgIpc) is 2.87. The van der Waals surface area contributed by atoms with Crippen LogP contribution in [0.25, 0.3) is 11.0 Å². The van der Waals surface area contributed by atoms with E-state index in [1.54, 1.807) is 0 Å². The van der Waals surface area contributed by atoms with E-state index >= 15 is 0 Å². The van der Waals surface area contributed by atoms with Crippen molar-refractivity contribution < 1.29 is 4.74 Å². The van der Waals surface area contributed by atoms with Crippen molar-refractivity contribution >= 4 is 11.0 Å². The number of fused-ring (bicyclic) bond motifs is 1. The van der Waals surface area contributed by atoms with Crippen molar-refractivity contribution in [3.8, 4) is 18.1 Å². The number of aromatic nitrogens is 2. The van der Waals surface area contributed by atoms with Gasteiger partial charge in [0.1, 0.15) is 5.75 Å². The number of nitrogens with zero attached hydrogens (tertiary/aromatic N) is 2. The van der Waals surface area contributed by atoms with E-state index in [2.05, 4.69) is 5.92 Å². The minimum absolute atomic E-state index is 0.178. The summed E-state index contributed by atoms with van der Waals surface area (Å²) >= 11 is 0. The quantitative estimate of drug-likeness (QED) is 0.676. The van der Waals surface area contributed by atoms with Crippen LogP contribution in [0.1, 0.15) is 24.4 Å². The van der Waals surface area contributed by atoms with Crippen LogP contribution < -0.4 is 4.74 Å². The van der Waals surface area contributed by atoms with Gasteiger partial charge < -0.3 is 9.30 Å². The lowest BCUT2D eigenvalue weighted by Crippen LogP contribution is -2.11. The first-order valence-electron chi connectivity index (χ1n) is 7.31. The molecule has 3 rings (SSSR count). The third kappa shape index (κ3) is 2.68. The van der Waals surface area contributed by atoms with Crippen LogP contribution in [0.2, 0.25) is 0 Å². The van der Waals surface area contributed by atoms with Crippen molar-refractivity contribution in [1.29, 1.82) is 0 Å². The second kappa shape index (κ2) is 5.95. The minimum Gasteiger partial charge on any atom is -0.483 e. The van der Waals surface area contributed by atoms with Gasteiger partial charge in [-0.15, -0.1) is 6.42 Å². The van der Waals surface area contributed by atoms with E-state index < -0.39 is 0 Å². The first-order chi connectivity index (χ1) is 10.7. The molecule has 0 aliphatic carbocycles. The number of para-hydroxylation sites is 2. The van der Waals surface area contributed by atoms with Crippen molar-refractivity contribution in [1.82, 2.24) is 9.55 Å². The van der Waals surface area contributed by atoms with E-state index in [9.17, 15) is 0 Å². The molecule has 0 saturated carbocycles. The fourth-order valence-electron chi connectivity index (χ4n) is 2.61. The maximum atomic E-state index is 6.05. The number of ether oxygens (including phenoxy) is 1. The zero-order chi connectivity index (χ0) is 15.5. The van der Waals surface area contributed by atoms with E-state index in [0.29, 0.717) is 6.54 Å². The van der Waals surface area contributed by atoms with Gasteiger partial charge in [0.2, 0.25) is 0 Å². The fraction of sp³-hybridized carbons (Fsp3) is 0.211. The molecule has 3 nitrogen and oxygen atoms in total. The summed E-state index contributed by atoms with van der Waals surface area (Å²) in [7, 11) is 0. The Morgan fingerprint density at radius 3 is 2.82 bits per heavy atom. The molecule has 0 radical (unpaired) electrons. The summed E-state index contributed by atoms with van der Waals surface area (Å²) < 4.78 is 8.08. The predicted octanol–water partition coefficient (Wildman–Crippen LogP) is 4.12. The van der Waals surface area contributed by atoms with Gasteiger partial charge in [0, 0.05) is 0 Å². The lowest BCUT2D eigenvalue weighted by atomic mass is 10.2. The highest BCUT2D eigenvalue weighted by Gasteiger charge is 2.17. The lowest BCUT2D eigenvalue weighted by molar-refractivity contribution is 0.212. The van der Waals surface area contributed by atoms with Gasteiger partial charge in [-0.1, -0.05) is 30.2 Å². The van der Waals surface area contributed by atoms with Crippen LogP contribution in [0.5, 0.6) is 5.75 Å². The number of terminal acetylenes is 1. The summed E-state index contributed by atoms with van der Waals surface area (Å²) in [4.78, 5) is 4.69. The van der Waals surface area contributed by atoms with E-state index in [1.165, 1.54) is 5.56 Å². The summed E-state index contributed by atoms with van der Waals surface area (Å²) in [6.07, 6.45) is 5.33. The topological polar surface area (TPSA) is 27.1 Å². The molecule has 0 fully saturated rings. The molecule has 3 heteroatoms. The number of imidazole rings is 1. The smallest absolute Gasteiger partial charge is 0.153 e. The number of hydrogen-bond acceptors (Lipinski definition) is 2. The summed E-state index contributed by atoms with van der Waals surface area (Å²) in [5.74, 6) is 4.39. The molecule has 1 atom stereocenters. The number of aryl methyl sites for hydroxylation is 1. The summed E-state index contributed by atoms with van der Waals surface area (Å²) in [5, 5.41) is 0. The normalized spacial score (nSPS) is 12.0. The zero-order valence-corrected chi connectivity index (χ0v) is 12.8. The van der Waals surface area contributed by atoms with Gasteiger partial charge in [0.05, 0.1) is 17.6 Å². The van der Waals surface area contributed by atoms with Crippen LogP contribution in [-0.2, 0) is 6.54 Å². The third-order valence-electron chi connectivity index (χ3n) is 3.60. The first kappa shape index (κ1) is 14.2.